The van der Waals surface area contributed by atoms with Crippen LogP contribution in [0.2, 0.25) is 0 Å². The molecule has 1 aliphatic carbocycles. The van der Waals surface area contributed by atoms with Crippen molar-refractivity contribution in [2.24, 2.45) is 11.8 Å². The molecule has 1 atom stereocenters. The minimum atomic E-state index is -0.0440. The van der Waals surface area contributed by atoms with E-state index in [1.807, 2.05) is 29.2 Å². The van der Waals surface area contributed by atoms with Crippen LogP contribution in [0.1, 0.15) is 37.7 Å². The Balaban J connectivity index is 1.44. The zero-order valence-electron chi connectivity index (χ0n) is 15.0. The Morgan fingerprint density at radius 1 is 1.20 bits per heavy atom. The summed E-state index contributed by atoms with van der Waals surface area (Å²) in [5.74, 6) is 1.74. The number of ether oxygens (including phenoxy) is 1. The zero-order chi connectivity index (χ0) is 17.6. The van der Waals surface area contributed by atoms with Gasteiger partial charge in [-0.3, -0.25) is 9.59 Å². The summed E-state index contributed by atoms with van der Waals surface area (Å²) in [6, 6.07) is 7.83. The molecule has 1 aromatic carbocycles. The lowest BCUT2D eigenvalue weighted by Crippen LogP contribution is -2.45. The second-order valence-corrected chi connectivity index (χ2v) is 7.22. The molecule has 1 unspecified atom stereocenters. The lowest BCUT2D eigenvalue weighted by Gasteiger charge is -2.32. The van der Waals surface area contributed by atoms with E-state index < -0.39 is 0 Å². The summed E-state index contributed by atoms with van der Waals surface area (Å²) < 4.78 is 5.15. The molecule has 25 heavy (non-hydrogen) atoms. The highest BCUT2D eigenvalue weighted by atomic mass is 16.5. The van der Waals surface area contributed by atoms with Crippen LogP contribution in [0.25, 0.3) is 0 Å². The smallest absolute Gasteiger partial charge is 0.224 e. The first-order valence-electron chi connectivity index (χ1n) is 9.34. The lowest BCUT2D eigenvalue weighted by molar-refractivity contribution is -0.135. The number of carbonyl (C=O) groups is 2. The average Bonchev–Trinajstić information content (AvgIpc) is 3.49. The molecule has 0 bridgehead atoms. The van der Waals surface area contributed by atoms with Crippen LogP contribution in [0, 0.1) is 11.8 Å². The second-order valence-electron chi connectivity index (χ2n) is 7.22. The maximum Gasteiger partial charge on any atom is 0.224 e. The first-order chi connectivity index (χ1) is 12.2. The Kier molecular flexibility index (Phi) is 5.95. The molecule has 1 aliphatic heterocycles. The molecule has 2 aliphatic rings. The van der Waals surface area contributed by atoms with Crippen LogP contribution in [0.5, 0.6) is 5.75 Å². The van der Waals surface area contributed by atoms with Gasteiger partial charge in [0, 0.05) is 26.1 Å². The van der Waals surface area contributed by atoms with Crippen molar-refractivity contribution in [3.8, 4) is 5.75 Å². The highest BCUT2D eigenvalue weighted by Gasteiger charge is 2.29. The normalized spacial score (nSPS) is 20.2. The Morgan fingerprint density at radius 3 is 2.64 bits per heavy atom. The molecule has 5 heteroatoms. The summed E-state index contributed by atoms with van der Waals surface area (Å²) in [4.78, 5) is 26.7. The van der Waals surface area contributed by atoms with Crippen molar-refractivity contribution < 1.29 is 14.3 Å². The molecule has 2 fully saturated rings. The molecule has 1 N–H and O–H groups in total. The van der Waals surface area contributed by atoms with E-state index in [-0.39, 0.29) is 17.7 Å². The number of likely N-dealkylation sites (tertiary alicyclic amines) is 1. The van der Waals surface area contributed by atoms with Crippen LogP contribution in [0.15, 0.2) is 24.3 Å². The summed E-state index contributed by atoms with van der Waals surface area (Å²) in [6.07, 6.45) is 5.48. The fourth-order valence-electron chi connectivity index (χ4n) is 3.33. The van der Waals surface area contributed by atoms with E-state index in [0.717, 1.165) is 43.7 Å². The minimum Gasteiger partial charge on any atom is -0.497 e. The molecule has 1 heterocycles. The summed E-state index contributed by atoms with van der Waals surface area (Å²) in [6.45, 7) is 2.15. The summed E-state index contributed by atoms with van der Waals surface area (Å²) in [5, 5.41) is 3.05. The molecule has 0 radical (unpaired) electrons. The van der Waals surface area contributed by atoms with Gasteiger partial charge in [0.1, 0.15) is 5.75 Å². The van der Waals surface area contributed by atoms with Crippen LogP contribution in [-0.2, 0) is 16.0 Å². The fourth-order valence-corrected chi connectivity index (χ4v) is 3.33. The molecule has 0 spiro atoms. The van der Waals surface area contributed by atoms with Crippen molar-refractivity contribution in [3.05, 3.63) is 29.8 Å². The van der Waals surface area contributed by atoms with Gasteiger partial charge in [0.05, 0.1) is 13.0 Å². The molecule has 1 saturated carbocycles. The fraction of sp³-hybridized carbons (Fsp3) is 0.600. The Bertz CT molecular complexity index is 595. The number of rotatable bonds is 7. The van der Waals surface area contributed by atoms with Gasteiger partial charge in [-0.2, -0.15) is 0 Å². The zero-order valence-corrected chi connectivity index (χ0v) is 15.0. The van der Waals surface area contributed by atoms with E-state index in [4.69, 9.17) is 4.74 Å². The number of hydrogen-bond donors (Lipinski definition) is 1. The number of hydrogen-bond acceptors (Lipinski definition) is 3. The van der Waals surface area contributed by atoms with E-state index in [2.05, 4.69) is 5.32 Å². The maximum atomic E-state index is 12.5. The van der Waals surface area contributed by atoms with Gasteiger partial charge in [0.15, 0.2) is 0 Å². The number of amides is 2. The number of nitrogens with one attached hydrogen (secondary N) is 1. The van der Waals surface area contributed by atoms with Gasteiger partial charge in [0.2, 0.25) is 11.8 Å². The van der Waals surface area contributed by atoms with Gasteiger partial charge in [-0.25, -0.2) is 0 Å². The van der Waals surface area contributed by atoms with Gasteiger partial charge >= 0.3 is 0 Å². The van der Waals surface area contributed by atoms with Crippen molar-refractivity contribution in [2.45, 2.75) is 38.5 Å². The number of nitrogens with zero attached hydrogens (tertiary/aromatic N) is 1. The van der Waals surface area contributed by atoms with Crippen molar-refractivity contribution >= 4 is 11.8 Å². The molecule has 3 rings (SSSR count). The number of carbonyl (C=O) groups excluding carboxylic acids is 2. The highest BCUT2D eigenvalue weighted by Crippen LogP contribution is 2.28. The third-order valence-corrected chi connectivity index (χ3v) is 5.19. The van der Waals surface area contributed by atoms with Crippen LogP contribution in [0.3, 0.4) is 0 Å². The third-order valence-electron chi connectivity index (χ3n) is 5.19. The first-order valence-corrected chi connectivity index (χ1v) is 9.34. The number of methoxy groups -OCH3 is 1. The predicted octanol–water partition coefficient (Wildman–Crippen LogP) is 2.39. The van der Waals surface area contributed by atoms with Gasteiger partial charge in [0.25, 0.3) is 0 Å². The summed E-state index contributed by atoms with van der Waals surface area (Å²) in [7, 11) is 1.64. The summed E-state index contributed by atoms with van der Waals surface area (Å²) >= 11 is 0. The number of piperidine rings is 1. The minimum absolute atomic E-state index is 0.0440. The largest absolute Gasteiger partial charge is 0.497 e. The van der Waals surface area contributed by atoms with Crippen LogP contribution >= 0.6 is 0 Å². The molecule has 2 amide bonds. The van der Waals surface area contributed by atoms with Crippen molar-refractivity contribution in [2.75, 3.05) is 26.7 Å². The van der Waals surface area contributed by atoms with E-state index in [1.165, 1.54) is 12.8 Å². The summed E-state index contributed by atoms with van der Waals surface area (Å²) in [5.41, 5.74) is 1.13. The Hall–Kier alpha value is -2.04. The SMILES string of the molecule is COc1ccc(CCC(=O)N2CCCC(C(=O)NCC3CC3)C2)cc1. The molecular formula is C20H28N2O3. The van der Waals surface area contributed by atoms with Crippen LogP contribution in [-0.4, -0.2) is 43.5 Å². The Morgan fingerprint density at radius 2 is 1.96 bits per heavy atom. The average molecular weight is 344 g/mol. The first kappa shape index (κ1) is 17.8. The van der Waals surface area contributed by atoms with Crippen molar-refractivity contribution in [1.29, 1.82) is 0 Å². The van der Waals surface area contributed by atoms with Gasteiger partial charge in [-0.1, -0.05) is 12.1 Å². The number of benzene rings is 1. The Labute approximate surface area is 149 Å². The van der Waals surface area contributed by atoms with E-state index >= 15 is 0 Å². The second kappa shape index (κ2) is 8.37. The number of aryl methyl sites for hydroxylation is 1. The third kappa shape index (κ3) is 5.21. The van der Waals surface area contributed by atoms with Gasteiger partial charge in [-0.15, -0.1) is 0 Å². The molecule has 1 saturated heterocycles. The monoisotopic (exact) mass is 344 g/mol. The maximum absolute atomic E-state index is 12.5. The van der Waals surface area contributed by atoms with Crippen LogP contribution < -0.4 is 10.1 Å². The standard InChI is InChI=1S/C20H28N2O3/c1-25-18-9-6-15(7-10-18)8-11-19(23)22-12-2-3-17(14-22)20(24)21-13-16-4-5-16/h6-7,9-10,16-17H,2-5,8,11-14H2,1H3,(H,21,24). The van der Waals surface area contributed by atoms with Crippen molar-refractivity contribution in [3.63, 3.8) is 0 Å². The quantitative estimate of drug-likeness (QED) is 0.826. The molecule has 136 valence electrons. The molecule has 0 aromatic heterocycles. The van der Waals surface area contributed by atoms with Gasteiger partial charge in [-0.05, 0) is 55.7 Å². The van der Waals surface area contributed by atoms with E-state index in [0.29, 0.717) is 18.9 Å². The van der Waals surface area contributed by atoms with E-state index in [9.17, 15) is 9.59 Å². The topological polar surface area (TPSA) is 58.6 Å². The molecule has 1 aromatic rings. The van der Waals surface area contributed by atoms with Crippen LogP contribution in [0.4, 0.5) is 0 Å². The van der Waals surface area contributed by atoms with Crippen molar-refractivity contribution in [1.82, 2.24) is 10.2 Å². The lowest BCUT2D eigenvalue weighted by atomic mass is 9.96. The van der Waals surface area contributed by atoms with E-state index in [1.54, 1.807) is 7.11 Å². The molecule has 5 nitrogen and oxygen atoms in total. The highest BCUT2D eigenvalue weighted by molar-refractivity contribution is 5.81. The predicted molar refractivity (Wildman–Crippen MR) is 96.4 cm³/mol. The van der Waals surface area contributed by atoms with Gasteiger partial charge < -0.3 is 15.0 Å². The molecular weight excluding hydrogens is 316 g/mol.